The van der Waals surface area contributed by atoms with Gasteiger partial charge in [0.05, 0.1) is 4.90 Å². The summed E-state index contributed by atoms with van der Waals surface area (Å²) in [6.07, 6.45) is 1.44. The Kier molecular flexibility index (Phi) is 5.21. The minimum atomic E-state index is -3.74. The number of nitrogens with one attached hydrogen (secondary N) is 2. The monoisotopic (exact) mass is 378 g/mol. The fraction of sp³-hybridized carbons (Fsp3) is 0.312. The molecule has 0 saturated carbocycles. The number of hydrogen-bond acceptors (Lipinski definition) is 7. The van der Waals surface area contributed by atoms with Gasteiger partial charge in [0.15, 0.2) is 6.61 Å². The lowest BCUT2D eigenvalue weighted by Gasteiger charge is -2.10. The molecule has 0 unspecified atom stereocenters. The normalized spacial score (nSPS) is 14.0. The molecule has 1 aromatic carbocycles. The van der Waals surface area contributed by atoms with Crippen molar-refractivity contribution in [3.8, 4) is 5.88 Å². The van der Waals surface area contributed by atoms with Crippen LogP contribution in [-0.2, 0) is 14.8 Å². The topological polar surface area (TPSA) is 123 Å². The van der Waals surface area contributed by atoms with E-state index < -0.39 is 15.9 Å². The largest absolute Gasteiger partial charge is 0.465 e. The lowest BCUT2D eigenvalue weighted by molar-refractivity contribution is -0.118. The van der Waals surface area contributed by atoms with Gasteiger partial charge in [-0.25, -0.2) is 8.42 Å². The van der Waals surface area contributed by atoms with E-state index in [0.717, 1.165) is 6.42 Å². The van der Waals surface area contributed by atoms with Crippen molar-refractivity contribution < 1.29 is 22.5 Å². The van der Waals surface area contributed by atoms with Crippen molar-refractivity contribution in [2.45, 2.75) is 24.7 Å². The van der Waals surface area contributed by atoms with Gasteiger partial charge < -0.3 is 14.6 Å². The third-order valence-corrected chi connectivity index (χ3v) is 4.89. The first-order valence-corrected chi connectivity index (χ1v) is 9.43. The number of benzene rings is 1. The van der Waals surface area contributed by atoms with Crippen molar-refractivity contribution in [1.82, 2.24) is 9.88 Å². The van der Waals surface area contributed by atoms with Crippen LogP contribution in [0.2, 0.25) is 0 Å². The van der Waals surface area contributed by atoms with Crippen LogP contribution < -0.4 is 14.8 Å². The van der Waals surface area contributed by atoms with E-state index in [-0.39, 0.29) is 17.4 Å². The number of aryl methyl sites for hydroxylation is 1. The number of carbonyl (C=O) groups excluding carboxylic acids is 1. The summed E-state index contributed by atoms with van der Waals surface area (Å²) in [5.74, 6) is 0.775. The van der Waals surface area contributed by atoms with Gasteiger partial charge in [0, 0.05) is 24.7 Å². The Morgan fingerprint density at radius 2 is 2.19 bits per heavy atom. The Morgan fingerprint density at radius 3 is 2.88 bits per heavy atom. The summed E-state index contributed by atoms with van der Waals surface area (Å²) >= 11 is 0. The van der Waals surface area contributed by atoms with E-state index in [1.807, 2.05) is 0 Å². The molecule has 1 aliphatic heterocycles. The van der Waals surface area contributed by atoms with Gasteiger partial charge in [-0.1, -0.05) is 6.07 Å². The van der Waals surface area contributed by atoms with Crippen molar-refractivity contribution >= 4 is 27.5 Å². The number of carbonyl (C=O) groups is 1. The number of sulfonamides is 1. The van der Waals surface area contributed by atoms with Gasteiger partial charge in [0.2, 0.25) is 0 Å². The summed E-state index contributed by atoms with van der Waals surface area (Å²) in [4.78, 5) is 16.1. The highest BCUT2D eigenvalue weighted by atomic mass is 32.2. The number of aliphatic imine (C=N–C) groups is 1. The maximum absolute atomic E-state index is 12.4. The molecule has 1 aromatic heterocycles. The molecule has 0 atom stereocenters. The van der Waals surface area contributed by atoms with Crippen molar-refractivity contribution in [1.29, 1.82) is 0 Å². The average molecular weight is 378 g/mol. The summed E-state index contributed by atoms with van der Waals surface area (Å²) in [6, 6.07) is 7.50. The molecule has 0 radical (unpaired) electrons. The molecule has 138 valence electrons. The van der Waals surface area contributed by atoms with Crippen LogP contribution in [0.5, 0.6) is 5.88 Å². The molecular weight excluding hydrogens is 360 g/mol. The van der Waals surface area contributed by atoms with Crippen LogP contribution in [0.3, 0.4) is 0 Å². The maximum atomic E-state index is 12.4. The van der Waals surface area contributed by atoms with Gasteiger partial charge in [-0.05, 0) is 36.7 Å². The molecule has 2 heterocycles. The van der Waals surface area contributed by atoms with Crippen LogP contribution in [0.25, 0.3) is 0 Å². The second kappa shape index (κ2) is 7.56. The first kappa shape index (κ1) is 17.9. The summed E-state index contributed by atoms with van der Waals surface area (Å²) < 4.78 is 37.3. The minimum Gasteiger partial charge on any atom is -0.465 e. The molecule has 1 aliphatic rings. The molecule has 0 saturated heterocycles. The smallest absolute Gasteiger partial charge is 0.262 e. The number of hydrogen-bond donors (Lipinski definition) is 2. The second-order valence-electron chi connectivity index (χ2n) is 5.68. The average Bonchev–Trinajstić information content (AvgIpc) is 3.24. The Bertz CT molecular complexity index is 936. The second-order valence-corrected chi connectivity index (χ2v) is 7.36. The highest BCUT2D eigenvalue weighted by Gasteiger charge is 2.18. The number of aromatic nitrogens is 1. The van der Waals surface area contributed by atoms with Crippen molar-refractivity contribution in [2.75, 3.05) is 18.5 Å². The standard InChI is InChI=1S/C16H18N4O5S/c1-11-8-16(19-25-11)24-10-15(21)18-12-4-2-5-13(9-12)26(22,23)20-14-6-3-7-17-14/h2,4-5,8-9H,3,6-7,10H2,1H3,(H,17,20)(H,18,21). The zero-order chi connectivity index (χ0) is 18.6. The van der Waals surface area contributed by atoms with E-state index >= 15 is 0 Å². The molecule has 26 heavy (non-hydrogen) atoms. The number of ether oxygens (including phenoxy) is 1. The van der Waals surface area contributed by atoms with Gasteiger partial charge in [-0.3, -0.25) is 14.5 Å². The summed E-state index contributed by atoms with van der Waals surface area (Å²) in [5.41, 5.74) is 0.339. The summed E-state index contributed by atoms with van der Waals surface area (Å²) in [5, 5.41) is 6.19. The molecule has 3 rings (SSSR count). The number of nitrogens with zero attached hydrogens (tertiary/aromatic N) is 2. The Labute approximate surface area is 150 Å². The Hall–Kier alpha value is -2.88. The number of amides is 1. The third kappa shape index (κ3) is 4.60. The lowest BCUT2D eigenvalue weighted by Crippen LogP contribution is -2.29. The zero-order valence-corrected chi connectivity index (χ0v) is 14.9. The molecule has 1 amide bonds. The van der Waals surface area contributed by atoms with Gasteiger partial charge in [-0.2, -0.15) is 0 Å². The van der Waals surface area contributed by atoms with Gasteiger partial charge >= 0.3 is 0 Å². The molecule has 10 heteroatoms. The SMILES string of the molecule is Cc1cc(OCC(=O)Nc2cccc(S(=O)(=O)NC3=NCCC3)c2)no1. The van der Waals surface area contributed by atoms with Crippen LogP contribution in [0.4, 0.5) is 5.69 Å². The molecule has 2 N–H and O–H groups in total. The first-order valence-electron chi connectivity index (χ1n) is 7.94. The van der Waals surface area contributed by atoms with Crippen molar-refractivity contribution in [3.05, 3.63) is 36.1 Å². The summed E-state index contributed by atoms with van der Waals surface area (Å²) in [6.45, 7) is 2.05. The van der Waals surface area contributed by atoms with E-state index in [2.05, 4.69) is 20.2 Å². The fourth-order valence-corrected chi connectivity index (χ4v) is 3.46. The number of rotatable bonds is 6. The van der Waals surface area contributed by atoms with Crippen molar-refractivity contribution in [2.24, 2.45) is 4.99 Å². The van der Waals surface area contributed by atoms with E-state index in [1.165, 1.54) is 12.1 Å². The highest BCUT2D eigenvalue weighted by Crippen LogP contribution is 2.17. The molecular formula is C16H18N4O5S. The lowest BCUT2D eigenvalue weighted by atomic mass is 10.3. The fourth-order valence-electron chi connectivity index (χ4n) is 2.33. The van der Waals surface area contributed by atoms with Gasteiger partial charge in [0.1, 0.15) is 11.6 Å². The maximum Gasteiger partial charge on any atom is 0.262 e. The van der Waals surface area contributed by atoms with Gasteiger partial charge in [0.25, 0.3) is 21.8 Å². The van der Waals surface area contributed by atoms with Crippen molar-refractivity contribution in [3.63, 3.8) is 0 Å². The first-order chi connectivity index (χ1) is 12.4. The van der Waals surface area contributed by atoms with E-state index in [0.29, 0.717) is 30.2 Å². The van der Waals surface area contributed by atoms with Crippen LogP contribution in [0.15, 0.2) is 44.7 Å². The predicted molar refractivity (Wildman–Crippen MR) is 93.7 cm³/mol. The van der Waals surface area contributed by atoms with Gasteiger partial charge in [-0.15, -0.1) is 0 Å². The van der Waals surface area contributed by atoms with E-state index in [1.54, 1.807) is 25.1 Å². The molecule has 9 nitrogen and oxygen atoms in total. The number of anilines is 1. The van der Waals surface area contributed by atoms with E-state index in [4.69, 9.17) is 9.26 Å². The van der Waals surface area contributed by atoms with Crippen LogP contribution in [0, 0.1) is 6.92 Å². The van der Waals surface area contributed by atoms with Crippen LogP contribution >= 0.6 is 0 Å². The molecule has 0 bridgehead atoms. The molecule has 2 aromatic rings. The minimum absolute atomic E-state index is 0.0398. The Balaban J connectivity index is 1.62. The number of amidine groups is 1. The van der Waals surface area contributed by atoms with Crippen LogP contribution in [0.1, 0.15) is 18.6 Å². The third-order valence-electron chi connectivity index (χ3n) is 3.51. The zero-order valence-electron chi connectivity index (χ0n) is 14.1. The summed E-state index contributed by atoms with van der Waals surface area (Å²) in [7, 11) is -3.74. The predicted octanol–water partition coefficient (Wildman–Crippen LogP) is 1.47. The quantitative estimate of drug-likeness (QED) is 0.785. The van der Waals surface area contributed by atoms with E-state index in [9.17, 15) is 13.2 Å². The highest BCUT2D eigenvalue weighted by molar-refractivity contribution is 7.90. The molecule has 0 fully saturated rings. The molecule has 0 spiro atoms. The molecule has 0 aliphatic carbocycles. The van der Waals surface area contributed by atoms with Crippen LogP contribution in [-0.4, -0.2) is 38.5 Å². The Morgan fingerprint density at radius 1 is 1.35 bits per heavy atom.